The SMILES string of the molecule is C1CCCC1.O=C(O)CCC(=O)C1CCCC1.[Fe]. The van der Waals surface area contributed by atoms with E-state index in [1.54, 1.807) is 0 Å². The molecule has 2 saturated carbocycles. The van der Waals surface area contributed by atoms with Gasteiger partial charge in [-0.2, -0.15) is 0 Å². The summed E-state index contributed by atoms with van der Waals surface area (Å²) in [7, 11) is 0. The maximum Gasteiger partial charge on any atom is 0.303 e. The summed E-state index contributed by atoms with van der Waals surface area (Å²) in [5, 5.41) is 8.35. The van der Waals surface area contributed by atoms with Crippen molar-refractivity contribution in [2.45, 2.75) is 70.6 Å². The summed E-state index contributed by atoms with van der Waals surface area (Å²) in [5.74, 6) is -0.555. The second-order valence-corrected chi connectivity index (χ2v) is 5.11. The number of carbonyl (C=O) groups is 2. The Balaban J connectivity index is 0.000000405. The molecule has 1 N–H and O–H groups in total. The van der Waals surface area contributed by atoms with Crippen LogP contribution in [0.5, 0.6) is 0 Å². The van der Waals surface area contributed by atoms with Crippen molar-refractivity contribution in [1.29, 1.82) is 0 Å². The maximum atomic E-state index is 11.3. The van der Waals surface area contributed by atoms with Crippen molar-refractivity contribution >= 4 is 11.8 Å². The largest absolute Gasteiger partial charge is 0.481 e. The Morgan fingerprint density at radius 3 is 1.67 bits per heavy atom. The van der Waals surface area contributed by atoms with Crippen molar-refractivity contribution in [3.63, 3.8) is 0 Å². The van der Waals surface area contributed by atoms with Gasteiger partial charge in [-0.1, -0.05) is 44.9 Å². The van der Waals surface area contributed by atoms with Gasteiger partial charge in [0.2, 0.25) is 0 Å². The van der Waals surface area contributed by atoms with Gasteiger partial charge < -0.3 is 5.11 Å². The number of Topliss-reactive ketones (excluding diaryl/α,β-unsaturated/α-hetero) is 1. The molecule has 3 nitrogen and oxygen atoms in total. The van der Waals surface area contributed by atoms with E-state index < -0.39 is 5.97 Å². The van der Waals surface area contributed by atoms with Crippen molar-refractivity contribution < 1.29 is 31.8 Å². The Hall–Kier alpha value is -0.341. The van der Waals surface area contributed by atoms with Crippen LogP contribution in [0.3, 0.4) is 0 Å². The fraction of sp³-hybridized carbons (Fsp3) is 0.857. The third-order valence-electron chi connectivity index (χ3n) is 3.65. The zero-order valence-corrected chi connectivity index (χ0v) is 12.1. The third kappa shape index (κ3) is 7.88. The first-order valence-corrected chi connectivity index (χ1v) is 6.94. The van der Waals surface area contributed by atoms with Crippen molar-refractivity contribution in [1.82, 2.24) is 0 Å². The number of carboxylic acid groups (broad SMARTS) is 1. The van der Waals surface area contributed by atoms with Crippen LogP contribution in [0.1, 0.15) is 70.6 Å². The van der Waals surface area contributed by atoms with Crippen LogP contribution in [-0.4, -0.2) is 16.9 Å². The van der Waals surface area contributed by atoms with Crippen LogP contribution < -0.4 is 0 Å². The van der Waals surface area contributed by atoms with Gasteiger partial charge in [0.05, 0.1) is 6.42 Å². The zero-order chi connectivity index (χ0) is 12.5. The predicted octanol–water partition coefficient (Wildman–Crippen LogP) is 3.56. The third-order valence-corrected chi connectivity index (χ3v) is 3.65. The summed E-state index contributed by atoms with van der Waals surface area (Å²) >= 11 is 0. The summed E-state index contributed by atoms with van der Waals surface area (Å²) in [5.41, 5.74) is 0. The van der Waals surface area contributed by atoms with E-state index in [1.807, 2.05) is 0 Å². The average Bonchev–Trinajstić information content (AvgIpc) is 2.99. The van der Waals surface area contributed by atoms with Crippen LogP contribution >= 0.6 is 0 Å². The van der Waals surface area contributed by atoms with Crippen molar-refractivity contribution in [2.24, 2.45) is 5.92 Å². The van der Waals surface area contributed by atoms with Crippen LogP contribution in [0.25, 0.3) is 0 Å². The number of aliphatic carboxylic acids is 1. The molecule has 2 fully saturated rings. The van der Waals surface area contributed by atoms with E-state index >= 15 is 0 Å². The predicted molar refractivity (Wildman–Crippen MR) is 66.9 cm³/mol. The van der Waals surface area contributed by atoms with E-state index in [2.05, 4.69) is 0 Å². The van der Waals surface area contributed by atoms with Crippen molar-refractivity contribution in [2.75, 3.05) is 0 Å². The summed E-state index contributed by atoms with van der Waals surface area (Å²) < 4.78 is 0. The quantitative estimate of drug-likeness (QED) is 0.807. The summed E-state index contributed by atoms with van der Waals surface area (Å²) in [4.78, 5) is 21.5. The first kappa shape index (κ1) is 17.7. The molecule has 0 radical (unpaired) electrons. The maximum absolute atomic E-state index is 11.3. The molecule has 0 heterocycles. The number of hydrogen-bond donors (Lipinski definition) is 1. The molecular formula is C14H24FeO3. The van der Waals surface area contributed by atoms with Crippen molar-refractivity contribution in [3.05, 3.63) is 0 Å². The minimum Gasteiger partial charge on any atom is -0.481 e. The number of ketones is 1. The molecule has 0 aromatic rings. The number of hydrogen-bond acceptors (Lipinski definition) is 2. The Labute approximate surface area is 120 Å². The topological polar surface area (TPSA) is 54.4 Å². The molecule has 0 bridgehead atoms. The zero-order valence-electron chi connectivity index (χ0n) is 11.0. The molecular weight excluding hydrogens is 272 g/mol. The van der Waals surface area contributed by atoms with Gasteiger partial charge in [0.15, 0.2) is 0 Å². The average molecular weight is 296 g/mol. The normalized spacial score (nSPS) is 18.7. The van der Waals surface area contributed by atoms with Gasteiger partial charge in [-0.3, -0.25) is 9.59 Å². The Kier molecular flexibility index (Phi) is 10.4. The number of carbonyl (C=O) groups excluding carboxylic acids is 1. The van der Waals surface area contributed by atoms with Crippen LogP contribution in [-0.2, 0) is 26.7 Å². The molecule has 2 rings (SSSR count). The summed E-state index contributed by atoms with van der Waals surface area (Å²) in [6.07, 6.45) is 11.9. The summed E-state index contributed by atoms with van der Waals surface area (Å²) in [6, 6.07) is 0. The number of carboxylic acids is 1. The Morgan fingerprint density at radius 2 is 1.28 bits per heavy atom. The molecule has 0 unspecified atom stereocenters. The summed E-state index contributed by atoms with van der Waals surface area (Å²) in [6.45, 7) is 0. The van der Waals surface area contributed by atoms with E-state index in [9.17, 15) is 9.59 Å². The fourth-order valence-electron chi connectivity index (χ4n) is 2.57. The van der Waals surface area contributed by atoms with E-state index in [0.29, 0.717) is 0 Å². The van der Waals surface area contributed by atoms with E-state index in [4.69, 9.17) is 5.11 Å². The molecule has 0 saturated heterocycles. The molecule has 0 aromatic carbocycles. The molecule has 0 aromatic heterocycles. The van der Waals surface area contributed by atoms with Crippen LogP contribution in [0.2, 0.25) is 0 Å². The molecule has 2 aliphatic rings. The molecule has 0 spiro atoms. The standard InChI is InChI=1S/C9H14O3.C5H10.Fe/c10-8(5-6-9(11)12)7-3-1-2-4-7;1-2-4-5-3-1;/h7H,1-6H2,(H,11,12);1-5H2;. The van der Waals surface area contributed by atoms with Gasteiger partial charge in [-0.15, -0.1) is 0 Å². The molecule has 0 amide bonds. The van der Waals surface area contributed by atoms with Gasteiger partial charge in [-0.25, -0.2) is 0 Å². The second kappa shape index (κ2) is 10.6. The molecule has 106 valence electrons. The molecule has 18 heavy (non-hydrogen) atoms. The van der Waals surface area contributed by atoms with Crippen molar-refractivity contribution in [3.8, 4) is 0 Å². The van der Waals surface area contributed by atoms with Gasteiger partial charge >= 0.3 is 5.97 Å². The Morgan fingerprint density at radius 1 is 0.833 bits per heavy atom. The monoisotopic (exact) mass is 296 g/mol. The minimum atomic E-state index is -0.874. The smallest absolute Gasteiger partial charge is 0.303 e. The van der Waals surface area contributed by atoms with Gasteiger partial charge in [0.25, 0.3) is 0 Å². The Bertz CT molecular complexity index is 236. The second-order valence-electron chi connectivity index (χ2n) is 5.11. The minimum absolute atomic E-state index is 0. The van der Waals surface area contributed by atoms with Crippen LogP contribution in [0.4, 0.5) is 0 Å². The first-order chi connectivity index (χ1) is 8.20. The van der Waals surface area contributed by atoms with Gasteiger partial charge in [-0.05, 0) is 12.8 Å². The van der Waals surface area contributed by atoms with E-state index in [-0.39, 0.29) is 41.6 Å². The molecule has 0 aliphatic heterocycles. The van der Waals surface area contributed by atoms with Crippen LogP contribution in [0.15, 0.2) is 0 Å². The molecule has 0 atom stereocenters. The fourth-order valence-corrected chi connectivity index (χ4v) is 2.57. The molecule has 2 aliphatic carbocycles. The van der Waals surface area contributed by atoms with Gasteiger partial charge in [0, 0.05) is 29.4 Å². The first-order valence-electron chi connectivity index (χ1n) is 6.94. The van der Waals surface area contributed by atoms with E-state index in [1.165, 1.54) is 32.1 Å². The van der Waals surface area contributed by atoms with Crippen LogP contribution in [0, 0.1) is 5.92 Å². The van der Waals surface area contributed by atoms with Gasteiger partial charge in [0.1, 0.15) is 5.78 Å². The molecule has 4 heteroatoms. The number of rotatable bonds is 4. The van der Waals surface area contributed by atoms with E-state index in [0.717, 1.165) is 25.7 Å².